The highest BCUT2D eigenvalue weighted by Gasteiger charge is 2.12. The highest BCUT2D eigenvalue weighted by molar-refractivity contribution is 7.99. The van der Waals surface area contributed by atoms with Crippen molar-refractivity contribution >= 4 is 23.4 Å². The zero-order chi connectivity index (χ0) is 21.5. The number of rotatable bonds is 9. The van der Waals surface area contributed by atoms with Crippen LogP contribution in [0.15, 0.2) is 53.9 Å². The van der Waals surface area contributed by atoms with Crippen molar-refractivity contribution in [3.63, 3.8) is 0 Å². The Morgan fingerprint density at radius 1 is 1.07 bits per heavy atom. The molecular weight excluding hydrogens is 398 g/mol. The molecule has 7 heteroatoms. The molecule has 0 fully saturated rings. The molecule has 0 bridgehead atoms. The highest BCUT2D eigenvalue weighted by Crippen LogP contribution is 2.31. The molecule has 0 aliphatic carbocycles. The Kier molecular flexibility index (Phi) is 7.41. The molecule has 0 saturated heterocycles. The fraction of sp³-hybridized carbons (Fsp3) is 0.304. The third-order valence-electron chi connectivity index (χ3n) is 4.38. The number of imidazole rings is 1. The summed E-state index contributed by atoms with van der Waals surface area (Å²) in [5.74, 6) is 1.43. The van der Waals surface area contributed by atoms with Gasteiger partial charge in [-0.2, -0.15) is 0 Å². The predicted molar refractivity (Wildman–Crippen MR) is 121 cm³/mol. The van der Waals surface area contributed by atoms with Crippen molar-refractivity contribution in [3.05, 3.63) is 59.9 Å². The lowest BCUT2D eigenvalue weighted by atomic mass is 10.1. The molecule has 1 amide bonds. The Morgan fingerprint density at radius 3 is 2.57 bits per heavy atom. The van der Waals surface area contributed by atoms with Crippen LogP contribution in [0.3, 0.4) is 0 Å². The van der Waals surface area contributed by atoms with Crippen molar-refractivity contribution in [1.82, 2.24) is 9.55 Å². The third-order valence-corrected chi connectivity index (χ3v) is 5.34. The van der Waals surface area contributed by atoms with Crippen LogP contribution in [0.25, 0.3) is 5.69 Å². The van der Waals surface area contributed by atoms with Gasteiger partial charge in [0.1, 0.15) is 0 Å². The lowest BCUT2D eigenvalue weighted by Gasteiger charge is -2.13. The summed E-state index contributed by atoms with van der Waals surface area (Å²) in [6.07, 6.45) is 3.67. The minimum Gasteiger partial charge on any atom is -0.490 e. The zero-order valence-electron chi connectivity index (χ0n) is 17.8. The Bertz CT molecular complexity index is 1020. The Labute approximate surface area is 181 Å². The number of ether oxygens (including phenoxy) is 2. The Balaban J connectivity index is 1.66. The minimum absolute atomic E-state index is 0.109. The molecule has 158 valence electrons. The summed E-state index contributed by atoms with van der Waals surface area (Å²) in [5, 5.41) is 3.69. The SMILES string of the molecule is CCOc1ccc(NC(=O)CSc2nccn2-c2ccc(C)cc2C)cc1OCC. The van der Waals surface area contributed by atoms with Gasteiger partial charge in [-0.25, -0.2) is 4.98 Å². The number of amides is 1. The van der Waals surface area contributed by atoms with Gasteiger partial charge in [0.25, 0.3) is 0 Å². The summed E-state index contributed by atoms with van der Waals surface area (Å²) >= 11 is 1.40. The van der Waals surface area contributed by atoms with Crippen LogP contribution in [-0.4, -0.2) is 34.4 Å². The second-order valence-corrected chi connectivity index (χ2v) is 7.68. The smallest absolute Gasteiger partial charge is 0.234 e. The number of aryl methyl sites for hydroxylation is 2. The monoisotopic (exact) mass is 425 g/mol. The summed E-state index contributed by atoms with van der Waals surface area (Å²) in [5.41, 5.74) is 4.11. The molecule has 0 atom stereocenters. The topological polar surface area (TPSA) is 65.4 Å². The number of aromatic nitrogens is 2. The normalized spacial score (nSPS) is 10.7. The molecule has 3 rings (SSSR count). The number of anilines is 1. The molecule has 6 nitrogen and oxygen atoms in total. The number of carbonyl (C=O) groups excluding carboxylic acids is 1. The first-order valence-corrected chi connectivity index (χ1v) is 10.9. The number of hydrogen-bond acceptors (Lipinski definition) is 5. The summed E-state index contributed by atoms with van der Waals surface area (Å²) in [7, 11) is 0. The first kappa shape index (κ1) is 21.8. The molecule has 0 aliphatic rings. The van der Waals surface area contributed by atoms with E-state index in [0.29, 0.717) is 30.4 Å². The highest BCUT2D eigenvalue weighted by atomic mass is 32.2. The first-order valence-electron chi connectivity index (χ1n) is 9.95. The molecule has 30 heavy (non-hydrogen) atoms. The summed E-state index contributed by atoms with van der Waals surface area (Å²) < 4.78 is 13.2. The van der Waals surface area contributed by atoms with Gasteiger partial charge in [-0.15, -0.1) is 0 Å². The van der Waals surface area contributed by atoms with Gasteiger partial charge in [0.05, 0.1) is 24.7 Å². The maximum absolute atomic E-state index is 12.5. The van der Waals surface area contributed by atoms with Crippen molar-refractivity contribution < 1.29 is 14.3 Å². The average molecular weight is 426 g/mol. The van der Waals surface area contributed by atoms with Crippen LogP contribution in [0.1, 0.15) is 25.0 Å². The lowest BCUT2D eigenvalue weighted by molar-refractivity contribution is -0.113. The average Bonchev–Trinajstić information content (AvgIpc) is 3.17. The Hall–Kier alpha value is -2.93. The molecule has 0 unspecified atom stereocenters. The molecule has 0 saturated carbocycles. The van der Waals surface area contributed by atoms with Crippen LogP contribution in [0.5, 0.6) is 11.5 Å². The van der Waals surface area contributed by atoms with E-state index >= 15 is 0 Å². The van der Waals surface area contributed by atoms with Crippen LogP contribution in [-0.2, 0) is 4.79 Å². The molecule has 0 aliphatic heterocycles. The van der Waals surface area contributed by atoms with Gasteiger partial charge in [-0.05, 0) is 51.5 Å². The van der Waals surface area contributed by atoms with Crippen molar-refractivity contribution in [2.75, 3.05) is 24.3 Å². The fourth-order valence-electron chi connectivity index (χ4n) is 3.11. The standard InChI is InChI=1S/C23H27N3O3S/c1-5-28-20-10-8-18(14-21(20)29-6-2)25-22(27)15-30-23-24-11-12-26(23)19-9-7-16(3)13-17(19)4/h7-14H,5-6,15H2,1-4H3,(H,25,27). The molecule has 1 heterocycles. The predicted octanol–water partition coefficient (Wildman–Crippen LogP) is 5.02. The molecule has 1 aromatic heterocycles. The second kappa shape index (κ2) is 10.2. The number of carbonyl (C=O) groups is 1. The molecule has 2 aromatic carbocycles. The maximum Gasteiger partial charge on any atom is 0.234 e. The lowest BCUT2D eigenvalue weighted by Crippen LogP contribution is -2.14. The maximum atomic E-state index is 12.5. The van der Waals surface area contributed by atoms with E-state index in [2.05, 4.69) is 42.3 Å². The van der Waals surface area contributed by atoms with Gasteiger partial charge in [0.15, 0.2) is 16.7 Å². The number of benzene rings is 2. The number of hydrogen-bond donors (Lipinski definition) is 1. The van der Waals surface area contributed by atoms with Crippen molar-refractivity contribution in [1.29, 1.82) is 0 Å². The molecular formula is C23H27N3O3S. The van der Waals surface area contributed by atoms with Crippen molar-refractivity contribution in [3.8, 4) is 17.2 Å². The van der Waals surface area contributed by atoms with Crippen LogP contribution >= 0.6 is 11.8 Å². The zero-order valence-corrected chi connectivity index (χ0v) is 18.6. The third kappa shape index (κ3) is 5.36. The van der Waals surface area contributed by atoms with E-state index in [1.165, 1.54) is 17.3 Å². The fourth-order valence-corrected chi connectivity index (χ4v) is 3.88. The van der Waals surface area contributed by atoms with Gasteiger partial charge in [-0.1, -0.05) is 29.5 Å². The van der Waals surface area contributed by atoms with Crippen molar-refractivity contribution in [2.45, 2.75) is 32.9 Å². The van der Waals surface area contributed by atoms with Crippen molar-refractivity contribution in [2.24, 2.45) is 0 Å². The summed E-state index contributed by atoms with van der Waals surface area (Å²) in [6.45, 7) is 9.05. The summed E-state index contributed by atoms with van der Waals surface area (Å²) in [6, 6.07) is 11.7. The van der Waals surface area contributed by atoms with Gasteiger partial charge in [0.2, 0.25) is 5.91 Å². The Morgan fingerprint density at radius 2 is 1.83 bits per heavy atom. The summed E-state index contributed by atoms with van der Waals surface area (Å²) in [4.78, 5) is 16.9. The van der Waals surface area contributed by atoms with Crippen LogP contribution in [0, 0.1) is 13.8 Å². The molecule has 0 radical (unpaired) electrons. The van der Waals surface area contributed by atoms with Crippen LogP contribution in [0.4, 0.5) is 5.69 Å². The first-order chi connectivity index (χ1) is 14.5. The number of nitrogens with zero attached hydrogens (tertiary/aromatic N) is 2. The van der Waals surface area contributed by atoms with Gasteiger partial charge in [-0.3, -0.25) is 9.36 Å². The molecule has 0 spiro atoms. The van der Waals surface area contributed by atoms with E-state index in [0.717, 1.165) is 16.4 Å². The minimum atomic E-state index is -0.109. The van der Waals surface area contributed by atoms with Crippen LogP contribution in [0.2, 0.25) is 0 Å². The quantitative estimate of drug-likeness (QED) is 0.488. The van der Waals surface area contributed by atoms with E-state index in [9.17, 15) is 4.79 Å². The van der Waals surface area contributed by atoms with Gasteiger partial charge in [0, 0.05) is 24.1 Å². The van der Waals surface area contributed by atoms with Crippen LogP contribution < -0.4 is 14.8 Å². The largest absolute Gasteiger partial charge is 0.490 e. The van der Waals surface area contributed by atoms with E-state index < -0.39 is 0 Å². The van der Waals surface area contributed by atoms with E-state index in [1.54, 1.807) is 12.3 Å². The van der Waals surface area contributed by atoms with Gasteiger partial charge < -0.3 is 14.8 Å². The van der Waals surface area contributed by atoms with E-state index in [-0.39, 0.29) is 11.7 Å². The second-order valence-electron chi connectivity index (χ2n) is 6.73. The van der Waals surface area contributed by atoms with E-state index in [1.807, 2.05) is 36.7 Å². The molecule has 3 aromatic rings. The number of thioether (sulfide) groups is 1. The van der Waals surface area contributed by atoms with E-state index in [4.69, 9.17) is 9.47 Å². The van der Waals surface area contributed by atoms with Gasteiger partial charge >= 0.3 is 0 Å². The number of nitrogens with one attached hydrogen (secondary N) is 1. The molecule has 1 N–H and O–H groups in total.